The van der Waals surface area contributed by atoms with E-state index in [9.17, 15) is 9.59 Å². The summed E-state index contributed by atoms with van der Waals surface area (Å²) < 4.78 is 1.81. The number of urea groups is 1. The standard InChI is InChI=1S/C20H26N6O2/c27-19(22-11-14-5-4-8-21-10-14)17-12-23-26-13-16(9-18(17)26)25-20(28)24-15-6-2-1-3-7-15/h4-5,8,10,12,15-16H,1-3,6-7,9,11,13H2,(H,22,27)(H2,24,25,28)/t16-/m0/s1. The highest BCUT2D eigenvalue weighted by molar-refractivity contribution is 5.95. The molecule has 1 atom stereocenters. The molecule has 0 unspecified atom stereocenters. The first kappa shape index (κ1) is 18.5. The quantitative estimate of drug-likeness (QED) is 0.733. The van der Waals surface area contributed by atoms with Crippen molar-refractivity contribution < 1.29 is 9.59 Å². The van der Waals surface area contributed by atoms with Gasteiger partial charge in [-0.2, -0.15) is 5.10 Å². The monoisotopic (exact) mass is 382 g/mol. The second-order valence-corrected chi connectivity index (χ2v) is 7.58. The molecule has 2 aromatic heterocycles. The minimum absolute atomic E-state index is 0.0443. The van der Waals surface area contributed by atoms with Gasteiger partial charge in [-0.15, -0.1) is 0 Å². The van der Waals surface area contributed by atoms with Gasteiger partial charge in [-0.1, -0.05) is 25.3 Å². The molecule has 0 bridgehead atoms. The summed E-state index contributed by atoms with van der Waals surface area (Å²) in [5.74, 6) is -0.155. The van der Waals surface area contributed by atoms with E-state index in [4.69, 9.17) is 0 Å². The van der Waals surface area contributed by atoms with Crippen LogP contribution in [-0.2, 0) is 19.5 Å². The van der Waals surface area contributed by atoms with E-state index in [0.717, 1.165) is 24.1 Å². The zero-order chi connectivity index (χ0) is 19.3. The van der Waals surface area contributed by atoms with Crippen LogP contribution in [0.1, 0.15) is 53.7 Å². The molecule has 148 valence electrons. The van der Waals surface area contributed by atoms with E-state index >= 15 is 0 Å². The fourth-order valence-electron chi connectivity index (χ4n) is 4.02. The molecule has 1 aliphatic carbocycles. The highest BCUT2D eigenvalue weighted by Gasteiger charge is 2.29. The lowest BCUT2D eigenvalue weighted by Gasteiger charge is -2.23. The lowest BCUT2D eigenvalue weighted by atomic mass is 9.96. The van der Waals surface area contributed by atoms with Gasteiger partial charge in [-0.3, -0.25) is 14.5 Å². The molecule has 1 fully saturated rings. The fraction of sp³-hybridized carbons (Fsp3) is 0.500. The molecule has 1 aliphatic heterocycles. The second-order valence-electron chi connectivity index (χ2n) is 7.58. The van der Waals surface area contributed by atoms with Crippen molar-refractivity contribution >= 4 is 11.9 Å². The Morgan fingerprint density at radius 3 is 2.71 bits per heavy atom. The number of nitrogens with one attached hydrogen (secondary N) is 3. The molecule has 0 saturated heterocycles. The van der Waals surface area contributed by atoms with Crippen LogP contribution in [0.3, 0.4) is 0 Å². The molecule has 8 nitrogen and oxygen atoms in total. The number of rotatable bonds is 5. The predicted molar refractivity (Wildman–Crippen MR) is 104 cm³/mol. The molecule has 3 N–H and O–H groups in total. The van der Waals surface area contributed by atoms with Crippen LogP contribution in [0, 0.1) is 0 Å². The molecule has 8 heteroatoms. The highest BCUT2D eigenvalue weighted by Crippen LogP contribution is 2.20. The van der Waals surface area contributed by atoms with E-state index in [1.165, 1.54) is 19.3 Å². The Balaban J connectivity index is 1.30. The number of amides is 3. The molecule has 2 aliphatic rings. The minimum atomic E-state index is -0.155. The molecule has 4 rings (SSSR count). The number of aromatic nitrogens is 3. The first-order valence-corrected chi connectivity index (χ1v) is 9.98. The van der Waals surface area contributed by atoms with E-state index in [-0.39, 0.29) is 24.0 Å². The summed E-state index contributed by atoms with van der Waals surface area (Å²) in [6.07, 6.45) is 11.4. The van der Waals surface area contributed by atoms with Gasteiger partial charge in [0.05, 0.1) is 30.0 Å². The molecule has 0 radical (unpaired) electrons. The average molecular weight is 382 g/mol. The largest absolute Gasteiger partial charge is 0.348 e. The third-order valence-electron chi connectivity index (χ3n) is 5.48. The Morgan fingerprint density at radius 2 is 1.93 bits per heavy atom. The Bertz CT molecular complexity index is 828. The predicted octanol–water partition coefficient (Wildman–Crippen LogP) is 1.76. The van der Waals surface area contributed by atoms with Gasteiger partial charge >= 0.3 is 6.03 Å². The Hall–Kier alpha value is -2.90. The third-order valence-corrected chi connectivity index (χ3v) is 5.48. The van der Waals surface area contributed by atoms with E-state index in [1.54, 1.807) is 18.6 Å². The van der Waals surface area contributed by atoms with Crippen LogP contribution in [0.2, 0.25) is 0 Å². The summed E-state index contributed by atoms with van der Waals surface area (Å²) in [4.78, 5) is 28.9. The maximum atomic E-state index is 12.5. The molecule has 2 aromatic rings. The zero-order valence-corrected chi connectivity index (χ0v) is 15.9. The second kappa shape index (κ2) is 8.41. The Kier molecular flexibility index (Phi) is 5.55. The molecule has 0 spiro atoms. The third kappa shape index (κ3) is 4.32. The van der Waals surface area contributed by atoms with Crippen molar-refractivity contribution in [1.29, 1.82) is 0 Å². The van der Waals surface area contributed by atoms with Crippen molar-refractivity contribution in [2.45, 2.75) is 63.7 Å². The molecular weight excluding hydrogens is 356 g/mol. The van der Waals surface area contributed by atoms with Crippen molar-refractivity contribution in [3.63, 3.8) is 0 Å². The number of nitrogens with zero attached hydrogens (tertiary/aromatic N) is 3. The van der Waals surface area contributed by atoms with Crippen LogP contribution >= 0.6 is 0 Å². The van der Waals surface area contributed by atoms with Crippen LogP contribution in [0.25, 0.3) is 0 Å². The minimum Gasteiger partial charge on any atom is -0.348 e. The smallest absolute Gasteiger partial charge is 0.315 e. The molecule has 1 saturated carbocycles. The van der Waals surface area contributed by atoms with Crippen LogP contribution in [0.5, 0.6) is 0 Å². The first-order valence-electron chi connectivity index (χ1n) is 9.98. The van der Waals surface area contributed by atoms with Gasteiger partial charge in [0.1, 0.15) is 0 Å². The molecular formula is C20H26N6O2. The number of pyridine rings is 1. The van der Waals surface area contributed by atoms with Gasteiger partial charge in [0, 0.05) is 31.4 Å². The molecule has 3 amide bonds. The number of carbonyl (C=O) groups excluding carboxylic acids is 2. The van der Waals surface area contributed by atoms with Crippen molar-refractivity contribution in [2.24, 2.45) is 0 Å². The van der Waals surface area contributed by atoms with Crippen molar-refractivity contribution in [1.82, 2.24) is 30.7 Å². The zero-order valence-electron chi connectivity index (χ0n) is 15.9. The SMILES string of the molecule is O=C(NC1CCCCC1)N[C@H]1Cc2c(C(=O)NCc3cccnc3)cnn2C1. The topological polar surface area (TPSA) is 101 Å². The van der Waals surface area contributed by atoms with E-state index < -0.39 is 0 Å². The number of hydrogen-bond acceptors (Lipinski definition) is 4. The number of hydrogen-bond donors (Lipinski definition) is 3. The van der Waals surface area contributed by atoms with Gasteiger partial charge in [0.2, 0.25) is 0 Å². The van der Waals surface area contributed by atoms with Crippen molar-refractivity contribution in [3.8, 4) is 0 Å². The van der Waals surface area contributed by atoms with E-state index in [2.05, 4.69) is 26.0 Å². The summed E-state index contributed by atoms with van der Waals surface area (Å²) in [7, 11) is 0. The summed E-state index contributed by atoms with van der Waals surface area (Å²) in [6, 6.07) is 3.87. The molecule has 3 heterocycles. The average Bonchev–Trinajstić information content (AvgIpc) is 3.27. The van der Waals surface area contributed by atoms with Crippen LogP contribution in [-0.4, -0.2) is 38.8 Å². The highest BCUT2D eigenvalue weighted by atomic mass is 16.2. The van der Waals surface area contributed by atoms with Gasteiger partial charge in [-0.05, 0) is 24.5 Å². The summed E-state index contributed by atoms with van der Waals surface area (Å²) in [5.41, 5.74) is 2.38. The maximum Gasteiger partial charge on any atom is 0.315 e. The van der Waals surface area contributed by atoms with Crippen molar-refractivity contribution in [2.75, 3.05) is 0 Å². The number of fused-ring (bicyclic) bond motifs is 1. The first-order chi connectivity index (χ1) is 13.7. The van der Waals surface area contributed by atoms with Crippen LogP contribution in [0.15, 0.2) is 30.7 Å². The molecule has 0 aromatic carbocycles. The molecule has 28 heavy (non-hydrogen) atoms. The van der Waals surface area contributed by atoms with E-state index in [0.29, 0.717) is 25.1 Å². The lowest BCUT2D eigenvalue weighted by Crippen LogP contribution is -2.47. The summed E-state index contributed by atoms with van der Waals surface area (Å²) in [6.45, 7) is 1.01. The van der Waals surface area contributed by atoms with Crippen LogP contribution < -0.4 is 16.0 Å². The summed E-state index contributed by atoms with van der Waals surface area (Å²) in [5, 5.41) is 13.3. The Labute approximate surface area is 164 Å². The van der Waals surface area contributed by atoms with Gasteiger partial charge in [-0.25, -0.2) is 4.79 Å². The maximum absolute atomic E-state index is 12.5. The lowest BCUT2D eigenvalue weighted by molar-refractivity contribution is 0.0950. The fourth-order valence-corrected chi connectivity index (χ4v) is 4.02. The van der Waals surface area contributed by atoms with Gasteiger partial charge < -0.3 is 16.0 Å². The normalized spacial score (nSPS) is 19.1. The Morgan fingerprint density at radius 1 is 1.11 bits per heavy atom. The van der Waals surface area contributed by atoms with Crippen LogP contribution in [0.4, 0.5) is 4.79 Å². The van der Waals surface area contributed by atoms with Crippen molar-refractivity contribution in [3.05, 3.63) is 47.5 Å². The van der Waals surface area contributed by atoms with Gasteiger partial charge in [0.25, 0.3) is 5.91 Å². The summed E-state index contributed by atoms with van der Waals surface area (Å²) >= 11 is 0. The van der Waals surface area contributed by atoms with E-state index in [1.807, 2.05) is 16.8 Å². The van der Waals surface area contributed by atoms with Gasteiger partial charge in [0.15, 0.2) is 0 Å². The number of carbonyl (C=O) groups is 2.